The number of amides is 1. The van der Waals surface area contributed by atoms with Crippen LogP contribution in [0.1, 0.15) is 40.2 Å². The number of benzene rings is 1. The van der Waals surface area contributed by atoms with Crippen LogP contribution in [0.15, 0.2) is 30.5 Å². The number of alkyl carbamates (subject to hydrolysis) is 1. The van der Waals surface area contributed by atoms with E-state index in [0.717, 1.165) is 12.1 Å². The van der Waals surface area contributed by atoms with Crippen LogP contribution in [0.25, 0.3) is 10.9 Å². The molecule has 5 heteroatoms. The third kappa shape index (κ3) is 5.60. The lowest BCUT2D eigenvalue weighted by molar-refractivity contribution is 0.0472. The molecule has 1 aromatic carbocycles. The Morgan fingerprint density at radius 2 is 1.91 bits per heavy atom. The quantitative estimate of drug-likeness (QED) is 0.790. The molecule has 2 rings (SSSR count). The molecular weight excluding hydrogens is 290 g/mol. The monoisotopic (exact) mass is 317 g/mol. The first-order valence-electron chi connectivity index (χ1n) is 7.93. The molecule has 5 nitrogen and oxygen atoms in total. The van der Waals surface area contributed by atoms with E-state index in [-0.39, 0.29) is 0 Å². The van der Waals surface area contributed by atoms with Gasteiger partial charge in [0, 0.05) is 24.8 Å². The van der Waals surface area contributed by atoms with Crippen molar-refractivity contribution >= 4 is 17.0 Å². The van der Waals surface area contributed by atoms with Gasteiger partial charge in [0.05, 0.1) is 5.54 Å². The van der Waals surface area contributed by atoms with E-state index >= 15 is 0 Å². The molecule has 0 fully saturated rings. The van der Waals surface area contributed by atoms with Crippen molar-refractivity contribution < 1.29 is 9.53 Å². The fourth-order valence-corrected chi connectivity index (χ4v) is 2.35. The lowest BCUT2D eigenvalue weighted by Gasteiger charge is -2.29. The van der Waals surface area contributed by atoms with Crippen molar-refractivity contribution in [1.29, 1.82) is 0 Å². The Labute approximate surface area is 137 Å². The van der Waals surface area contributed by atoms with Crippen molar-refractivity contribution in [2.24, 2.45) is 0 Å². The molecule has 0 aliphatic heterocycles. The number of ether oxygens (including phenoxy) is 1. The lowest BCUT2D eigenvalue weighted by atomic mass is 10.1. The van der Waals surface area contributed by atoms with Gasteiger partial charge in [-0.3, -0.25) is 0 Å². The summed E-state index contributed by atoms with van der Waals surface area (Å²) in [5.74, 6) is 0. The van der Waals surface area contributed by atoms with Gasteiger partial charge in [-0.05, 0) is 57.7 Å². The van der Waals surface area contributed by atoms with Gasteiger partial charge in [0.15, 0.2) is 0 Å². The zero-order valence-corrected chi connectivity index (χ0v) is 14.6. The number of hydrogen-bond donors (Lipinski definition) is 3. The Bertz CT molecular complexity index is 668. The Kier molecular flexibility index (Phi) is 5.00. The smallest absolute Gasteiger partial charge is 0.408 e. The third-order valence-corrected chi connectivity index (χ3v) is 3.35. The zero-order valence-electron chi connectivity index (χ0n) is 14.6. The van der Waals surface area contributed by atoms with Gasteiger partial charge < -0.3 is 20.4 Å². The van der Waals surface area contributed by atoms with Crippen molar-refractivity contribution in [3.63, 3.8) is 0 Å². The van der Waals surface area contributed by atoms with Gasteiger partial charge in [0.25, 0.3) is 0 Å². The zero-order chi connectivity index (χ0) is 17.1. The minimum absolute atomic E-state index is 0.390. The molecule has 1 aromatic heterocycles. The molecule has 23 heavy (non-hydrogen) atoms. The minimum Gasteiger partial charge on any atom is -0.444 e. The normalized spacial score (nSPS) is 12.4. The van der Waals surface area contributed by atoms with Gasteiger partial charge in [-0.1, -0.05) is 12.1 Å². The van der Waals surface area contributed by atoms with Crippen LogP contribution in [0.2, 0.25) is 0 Å². The predicted molar refractivity (Wildman–Crippen MR) is 93.5 cm³/mol. The van der Waals surface area contributed by atoms with E-state index in [1.54, 1.807) is 0 Å². The largest absolute Gasteiger partial charge is 0.444 e. The molecular formula is C18H27N3O2. The van der Waals surface area contributed by atoms with E-state index in [0.29, 0.717) is 6.54 Å². The summed E-state index contributed by atoms with van der Waals surface area (Å²) in [5.41, 5.74) is 1.46. The van der Waals surface area contributed by atoms with Crippen LogP contribution in [0.4, 0.5) is 4.79 Å². The van der Waals surface area contributed by atoms with E-state index in [2.05, 4.69) is 39.9 Å². The Morgan fingerprint density at radius 1 is 1.17 bits per heavy atom. The first kappa shape index (κ1) is 17.3. The molecule has 3 N–H and O–H groups in total. The molecule has 2 aromatic rings. The first-order chi connectivity index (χ1) is 10.6. The Balaban J connectivity index is 1.82. The number of aromatic nitrogens is 1. The Morgan fingerprint density at radius 3 is 2.61 bits per heavy atom. The van der Waals surface area contributed by atoms with Crippen LogP contribution in [0, 0.1) is 0 Å². The third-order valence-electron chi connectivity index (χ3n) is 3.35. The molecule has 0 atom stereocenters. The van der Waals surface area contributed by atoms with Crippen molar-refractivity contribution in [1.82, 2.24) is 15.6 Å². The standard InChI is InChI=1S/C18H27N3O2/c1-17(2,3)23-16(22)21-18(4,5)12-19-11-13-6-7-14-8-9-20-15(14)10-13/h6-10,19-20H,11-12H2,1-5H3,(H,21,22). The number of aromatic amines is 1. The van der Waals surface area contributed by atoms with Crippen molar-refractivity contribution in [2.45, 2.75) is 52.3 Å². The first-order valence-corrected chi connectivity index (χ1v) is 7.93. The molecule has 0 aliphatic carbocycles. The molecule has 0 radical (unpaired) electrons. The Hall–Kier alpha value is -2.01. The molecule has 1 amide bonds. The average Bonchev–Trinajstić information content (AvgIpc) is 2.82. The van der Waals surface area contributed by atoms with Crippen LogP contribution < -0.4 is 10.6 Å². The van der Waals surface area contributed by atoms with Crippen LogP contribution >= 0.6 is 0 Å². The molecule has 0 bridgehead atoms. The SMILES string of the molecule is CC(C)(CNCc1ccc2cc[nH]c2c1)NC(=O)OC(C)(C)C. The predicted octanol–water partition coefficient (Wildman–Crippen LogP) is 3.56. The van der Waals surface area contributed by atoms with Gasteiger partial charge in [-0.2, -0.15) is 0 Å². The summed E-state index contributed by atoms with van der Waals surface area (Å²) in [6.07, 6.45) is 1.55. The van der Waals surface area contributed by atoms with Gasteiger partial charge in [0.1, 0.15) is 5.60 Å². The van der Waals surface area contributed by atoms with Gasteiger partial charge in [-0.25, -0.2) is 4.79 Å². The second-order valence-corrected chi connectivity index (χ2v) is 7.51. The summed E-state index contributed by atoms with van der Waals surface area (Å²) in [5, 5.41) is 7.49. The van der Waals surface area contributed by atoms with Crippen LogP contribution in [-0.4, -0.2) is 28.8 Å². The van der Waals surface area contributed by atoms with Crippen LogP contribution in [0.3, 0.4) is 0 Å². The summed E-state index contributed by atoms with van der Waals surface area (Å²) in [6.45, 7) is 10.9. The average molecular weight is 317 g/mol. The highest BCUT2D eigenvalue weighted by molar-refractivity contribution is 5.79. The van der Waals surface area contributed by atoms with Crippen LogP contribution in [0.5, 0.6) is 0 Å². The molecule has 0 saturated carbocycles. The molecule has 0 spiro atoms. The number of carbonyl (C=O) groups excluding carboxylic acids is 1. The molecule has 1 heterocycles. The topological polar surface area (TPSA) is 66.2 Å². The summed E-state index contributed by atoms with van der Waals surface area (Å²) >= 11 is 0. The number of nitrogens with one attached hydrogen (secondary N) is 3. The maximum absolute atomic E-state index is 11.9. The number of fused-ring (bicyclic) bond motifs is 1. The van der Waals surface area contributed by atoms with Gasteiger partial charge in [-0.15, -0.1) is 0 Å². The molecule has 126 valence electrons. The number of hydrogen-bond acceptors (Lipinski definition) is 3. The summed E-state index contributed by atoms with van der Waals surface area (Å²) in [7, 11) is 0. The molecule has 0 unspecified atom stereocenters. The summed E-state index contributed by atoms with van der Waals surface area (Å²) in [6, 6.07) is 8.40. The molecule has 0 aliphatic rings. The summed E-state index contributed by atoms with van der Waals surface area (Å²) < 4.78 is 5.30. The maximum atomic E-state index is 11.9. The van der Waals surface area contributed by atoms with E-state index in [1.807, 2.05) is 40.8 Å². The maximum Gasteiger partial charge on any atom is 0.408 e. The van der Waals surface area contributed by atoms with Crippen molar-refractivity contribution in [3.8, 4) is 0 Å². The van der Waals surface area contributed by atoms with E-state index in [1.165, 1.54) is 10.9 Å². The molecule has 0 saturated heterocycles. The second-order valence-electron chi connectivity index (χ2n) is 7.51. The van der Waals surface area contributed by atoms with Gasteiger partial charge in [0.2, 0.25) is 0 Å². The van der Waals surface area contributed by atoms with E-state index in [9.17, 15) is 4.79 Å². The van der Waals surface area contributed by atoms with Crippen molar-refractivity contribution in [3.05, 3.63) is 36.0 Å². The minimum atomic E-state index is -0.487. The lowest BCUT2D eigenvalue weighted by Crippen LogP contribution is -2.51. The van der Waals surface area contributed by atoms with E-state index < -0.39 is 17.2 Å². The highest BCUT2D eigenvalue weighted by atomic mass is 16.6. The van der Waals surface area contributed by atoms with Crippen molar-refractivity contribution in [2.75, 3.05) is 6.54 Å². The highest BCUT2D eigenvalue weighted by Gasteiger charge is 2.24. The number of carbonyl (C=O) groups is 1. The van der Waals surface area contributed by atoms with Gasteiger partial charge >= 0.3 is 6.09 Å². The van der Waals surface area contributed by atoms with Crippen LogP contribution in [-0.2, 0) is 11.3 Å². The fourth-order valence-electron chi connectivity index (χ4n) is 2.35. The highest BCUT2D eigenvalue weighted by Crippen LogP contribution is 2.14. The number of H-pyrrole nitrogens is 1. The van der Waals surface area contributed by atoms with E-state index in [4.69, 9.17) is 4.74 Å². The fraction of sp³-hybridized carbons (Fsp3) is 0.500. The number of rotatable bonds is 5. The summed E-state index contributed by atoms with van der Waals surface area (Å²) in [4.78, 5) is 15.1. The second kappa shape index (κ2) is 6.62.